The van der Waals surface area contributed by atoms with Gasteiger partial charge in [0.05, 0.1) is 24.1 Å². The van der Waals surface area contributed by atoms with Crippen molar-refractivity contribution < 1.29 is 9.53 Å². The van der Waals surface area contributed by atoms with Crippen LogP contribution in [-0.4, -0.2) is 48.1 Å². The highest BCUT2D eigenvalue weighted by Gasteiger charge is 2.14. The van der Waals surface area contributed by atoms with Crippen LogP contribution in [0.4, 0.5) is 11.5 Å². The number of carbonyl (C=O) groups is 1. The summed E-state index contributed by atoms with van der Waals surface area (Å²) in [4.78, 5) is 18.3. The summed E-state index contributed by atoms with van der Waals surface area (Å²) in [7, 11) is 0. The molecule has 1 aromatic heterocycles. The number of ether oxygens (including phenoxy) is 1. The minimum absolute atomic E-state index is 0.219. The summed E-state index contributed by atoms with van der Waals surface area (Å²) in [5.41, 5.74) is 6.46. The quantitative estimate of drug-likeness (QED) is 0.714. The van der Waals surface area contributed by atoms with Gasteiger partial charge in [-0.3, -0.25) is 0 Å². The molecule has 6 nitrogen and oxygen atoms in total. The first-order valence-corrected chi connectivity index (χ1v) is 7.43. The Morgan fingerprint density at radius 2 is 2.10 bits per heavy atom. The average Bonchev–Trinajstić information content (AvgIpc) is 2.47. The minimum atomic E-state index is -0.420. The molecule has 0 aliphatic carbocycles. The first-order valence-electron chi connectivity index (χ1n) is 7.43. The highest BCUT2D eigenvalue weighted by molar-refractivity contribution is 5.95. The minimum Gasteiger partial charge on any atom is -0.462 e. The number of nitrogens with one attached hydrogen (secondary N) is 1. The number of nitrogens with zero attached hydrogens (tertiary/aromatic N) is 2. The van der Waals surface area contributed by atoms with Gasteiger partial charge in [0, 0.05) is 12.6 Å². The molecule has 0 saturated carbocycles. The zero-order valence-corrected chi connectivity index (χ0v) is 13.3. The molecule has 0 spiro atoms. The summed E-state index contributed by atoms with van der Waals surface area (Å²) >= 11 is 0. The lowest BCUT2D eigenvalue weighted by Crippen LogP contribution is -2.35. The number of anilines is 2. The van der Waals surface area contributed by atoms with Crippen LogP contribution in [0.15, 0.2) is 12.3 Å². The Morgan fingerprint density at radius 3 is 2.67 bits per heavy atom. The SMILES string of the molecule is CCOC(=O)c1cc(NC(C)CN(CC)CC)ncc1N. The molecule has 0 bridgehead atoms. The average molecular weight is 294 g/mol. The standard InChI is InChI=1S/C15H26N4O2/c1-5-19(6-2)10-11(4)18-14-8-12(13(16)9-17-14)15(20)21-7-3/h8-9,11H,5-7,10,16H2,1-4H3,(H,17,18). The van der Waals surface area contributed by atoms with Crippen molar-refractivity contribution in [3.63, 3.8) is 0 Å². The number of likely N-dealkylation sites (N-methyl/N-ethyl adjacent to an activating group) is 1. The number of hydrogen-bond acceptors (Lipinski definition) is 6. The van der Waals surface area contributed by atoms with E-state index < -0.39 is 5.97 Å². The lowest BCUT2D eigenvalue weighted by Gasteiger charge is -2.23. The van der Waals surface area contributed by atoms with Crippen molar-refractivity contribution in [2.45, 2.75) is 33.7 Å². The number of hydrogen-bond donors (Lipinski definition) is 2. The second kappa shape index (κ2) is 8.46. The number of pyridine rings is 1. The Kier molecular flexibility index (Phi) is 6.94. The van der Waals surface area contributed by atoms with E-state index in [-0.39, 0.29) is 6.04 Å². The monoisotopic (exact) mass is 294 g/mol. The van der Waals surface area contributed by atoms with Gasteiger partial charge in [0.15, 0.2) is 0 Å². The summed E-state index contributed by atoms with van der Waals surface area (Å²) in [6.07, 6.45) is 1.48. The van der Waals surface area contributed by atoms with Crippen molar-refractivity contribution in [1.29, 1.82) is 0 Å². The van der Waals surface area contributed by atoms with Gasteiger partial charge in [0.2, 0.25) is 0 Å². The van der Waals surface area contributed by atoms with Crippen LogP contribution in [0.25, 0.3) is 0 Å². The lowest BCUT2D eigenvalue weighted by molar-refractivity contribution is 0.0527. The molecule has 1 aromatic rings. The van der Waals surface area contributed by atoms with Crippen molar-refractivity contribution in [1.82, 2.24) is 9.88 Å². The molecule has 0 fully saturated rings. The first kappa shape index (κ1) is 17.2. The lowest BCUT2D eigenvalue weighted by atomic mass is 10.2. The molecule has 1 rings (SSSR count). The van der Waals surface area contributed by atoms with Crippen LogP contribution in [0.1, 0.15) is 38.1 Å². The number of rotatable bonds is 8. The second-order valence-electron chi connectivity index (χ2n) is 4.91. The van der Waals surface area contributed by atoms with Gasteiger partial charge in [0.1, 0.15) is 5.82 Å². The molecule has 6 heteroatoms. The molecular weight excluding hydrogens is 268 g/mol. The first-order chi connectivity index (χ1) is 10.0. The Hall–Kier alpha value is -1.82. The zero-order valence-electron chi connectivity index (χ0n) is 13.3. The molecule has 21 heavy (non-hydrogen) atoms. The van der Waals surface area contributed by atoms with Crippen molar-refractivity contribution in [3.05, 3.63) is 17.8 Å². The number of aromatic nitrogens is 1. The molecule has 0 amide bonds. The van der Waals surface area contributed by atoms with Gasteiger partial charge in [-0.1, -0.05) is 13.8 Å². The van der Waals surface area contributed by atoms with Crippen LogP contribution < -0.4 is 11.1 Å². The largest absolute Gasteiger partial charge is 0.462 e. The zero-order chi connectivity index (χ0) is 15.8. The van der Waals surface area contributed by atoms with Crippen molar-refractivity contribution in [2.24, 2.45) is 0 Å². The van der Waals surface area contributed by atoms with E-state index in [0.717, 1.165) is 19.6 Å². The van der Waals surface area contributed by atoms with E-state index in [0.29, 0.717) is 23.7 Å². The van der Waals surface area contributed by atoms with Crippen molar-refractivity contribution >= 4 is 17.5 Å². The predicted molar refractivity (Wildman–Crippen MR) is 85.5 cm³/mol. The molecule has 118 valence electrons. The van der Waals surface area contributed by atoms with E-state index >= 15 is 0 Å². The molecule has 0 aliphatic heterocycles. The highest BCUT2D eigenvalue weighted by atomic mass is 16.5. The van der Waals surface area contributed by atoms with Gasteiger partial charge in [-0.05, 0) is 33.0 Å². The highest BCUT2D eigenvalue weighted by Crippen LogP contribution is 2.16. The summed E-state index contributed by atoms with van der Waals surface area (Å²) in [5.74, 6) is 0.212. The van der Waals surface area contributed by atoms with Gasteiger partial charge in [-0.2, -0.15) is 0 Å². The topological polar surface area (TPSA) is 80.5 Å². The normalized spacial score (nSPS) is 12.2. The third-order valence-electron chi connectivity index (χ3n) is 3.25. The van der Waals surface area contributed by atoms with E-state index in [1.54, 1.807) is 13.0 Å². The maximum Gasteiger partial charge on any atom is 0.340 e. The van der Waals surface area contributed by atoms with Gasteiger partial charge < -0.3 is 20.7 Å². The fourth-order valence-corrected chi connectivity index (χ4v) is 2.10. The Bertz CT molecular complexity index is 461. The summed E-state index contributed by atoms with van der Waals surface area (Å²) in [6, 6.07) is 1.86. The van der Waals surface area contributed by atoms with Crippen LogP contribution >= 0.6 is 0 Å². The third-order valence-corrected chi connectivity index (χ3v) is 3.25. The summed E-state index contributed by atoms with van der Waals surface area (Å²) in [6.45, 7) is 11.4. The molecule has 1 unspecified atom stereocenters. The van der Waals surface area contributed by atoms with Crippen LogP contribution in [0.2, 0.25) is 0 Å². The Balaban J connectivity index is 2.75. The van der Waals surface area contributed by atoms with Crippen molar-refractivity contribution in [3.8, 4) is 0 Å². The fourth-order valence-electron chi connectivity index (χ4n) is 2.10. The smallest absolute Gasteiger partial charge is 0.340 e. The third kappa shape index (κ3) is 5.23. The predicted octanol–water partition coefficient (Wildman–Crippen LogP) is 1.98. The fraction of sp³-hybridized carbons (Fsp3) is 0.600. The number of esters is 1. The van der Waals surface area contributed by atoms with Crippen LogP contribution in [0.3, 0.4) is 0 Å². The van der Waals surface area contributed by atoms with Crippen molar-refractivity contribution in [2.75, 3.05) is 37.3 Å². The number of nitrogen functional groups attached to an aromatic ring is 1. The van der Waals surface area contributed by atoms with Crippen LogP contribution in [-0.2, 0) is 4.74 Å². The molecule has 1 heterocycles. The Morgan fingerprint density at radius 1 is 1.43 bits per heavy atom. The number of carbonyl (C=O) groups excluding carboxylic acids is 1. The second-order valence-corrected chi connectivity index (χ2v) is 4.91. The molecule has 0 aromatic carbocycles. The Labute approximate surface area is 126 Å². The van der Waals surface area contributed by atoms with Crippen LogP contribution in [0.5, 0.6) is 0 Å². The molecular formula is C15H26N4O2. The molecule has 0 saturated heterocycles. The molecule has 1 atom stereocenters. The maximum atomic E-state index is 11.8. The summed E-state index contributed by atoms with van der Waals surface area (Å²) < 4.78 is 4.99. The van der Waals surface area contributed by atoms with E-state index in [9.17, 15) is 4.79 Å². The molecule has 3 N–H and O–H groups in total. The molecule has 0 aliphatic rings. The van der Waals surface area contributed by atoms with E-state index in [4.69, 9.17) is 10.5 Å². The van der Waals surface area contributed by atoms with E-state index in [2.05, 4.69) is 36.0 Å². The number of nitrogens with two attached hydrogens (primary N) is 1. The summed E-state index contributed by atoms with van der Waals surface area (Å²) in [5, 5.41) is 3.29. The maximum absolute atomic E-state index is 11.8. The van der Waals surface area contributed by atoms with Gasteiger partial charge in [-0.15, -0.1) is 0 Å². The van der Waals surface area contributed by atoms with Crippen LogP contribution in [0, 0.1) is 0 Å². The molecule has 0 radical (unpaired) electrons. The van der Waals surface area contributed by atoms with E-state index in [1.807, 2.05) is 0 Å². The van der Waals surface area contributed by atoms with Gasteiger partial charge in [-0.25, -0.2) is 9.78 Å². The van der Waals surface area contributed by atoms with E-state index in [1.165, 1.54) is 6.20 Å². The van der Waals surface area contributed by atoms with Gasteiger partial charge in [0.25, 0.3) is 0 Å². The van der Waals surface area contributed by atoms with Gasteiger partial charge >= 0.3 is 5.97 Å².